The molecule has 20 heavy (non-hydrogen) atoms. The van der Waals surface area contributed by atoms with Gasteiger partial charge in [-0.1, -0.05) is 26.0 Å². The summed E-state index contributed by atoms with van der Waals surface area (Å²) in [7, 11) is 1.39. The summed E-state index contributed by atoms with van der Waals surface area (Å²) in [5, 5.41) is 3.20. The Morgan fingerprint density at radius 2 is 2.10 bits per heavy atom. The van der Waals surface area contributed by atoms with E-state index >= 15 is 0 Å². The molecule has 1 aromatic rings. The fraction of sp³-hybridized carbons (Fsp3) is 0.562. The molecule has 1 rings (SSSR count). The van der Waals surface area contributed by atoms with E-state index in [1.54, 1.807) is 6.92 Å². The number of hydrogen-bond donors (Lipinski definition) is 1. The van der Waals surface area contributed by atoms with Crippen molar-refractivity contribution < 1.29 is 14.3 Å². The van der Waals surface area contributed by atoms with Crippen LogP contribution in [-0.2, 0) is 16.0 Å². The summed E-state index contributed by atoms with van der Waals surface area (Å²) in [4.78, 5) is 11.9. The molecular formula is C16H25NO3. The van der Waals surface area contributed by atoms with E-state index in [1.165, 1.54) is 12.7 Å². The molecule has 0 amide bonds. The first-order valence-corrected chi connectivity index (χ1v) is 7.11. The Kier molecular flexibility index (Phi) is 6.52. The van der Waals surface area contributed by atoms with E-state index in [0.717, 1.165) is 25.1 Å². The minimum Gasteiger partial charge on any atom is -0.491 e. The van der Waals surface area contributed by atoms with Crippen molar-refractivity contribution in [3.8, 4) is 5.75 Å². The van der Waals surface area contributed by atoms with Crippen molar-refractivity contribution >= 4 is 5.97 Å². The second kappa shape index (κ2) is 7.90. The zero-order valence-corrected chi connectivity index (χ0v) is 12.9. The third-order valence-corrected chi connectivity index (χ3v) is 3.24. The predicted molar refractivity (Wildman–Crippen MR) is 80.0 cm³/mol. The fourth-order valence-electron chi connectivity index (χ4n) is 1.89. The van der Waals surface area contributed by atoms with Crippen LogP contribution in [0.25, 0.3) is 0 Å². The highest BCUT2D eigenvalue weighted by molar-refractivity contribution is 5.80. The molecular weight excluding hydrogens is 254 g/mol. The number of benzene rings is 1. The molecule has 0 aromatic heterocycles. The van der Waals surface area contributed by atoms with Crippen LogP contribution in [0.4, 0.5) is 0 Å². The van der Waals surface area contributed by atoms with Crippen molar-refractivity contribution in [2.24, 2.45) is 0 Å². The van der Waals surface area contributed by atoms with E-state index in [2.05, 4.69) is 25.2 Å². The van der Waals surface area contributed by atoms with Gasteiger partial charge in [0.05, 0.1) is 7.11 Å². The Hall–Kier alpha value is -1.55. The van der Waals surface area contributed by atoms with Gasteiger partial charge in [-0.3, -0.25) is 5.32 Å². The van der Waals surface area contributed by atoms with Gasteiger partial charge in [0.1, 0.15) is 17.9 Å². The van der Waals surface area contributed by atoms with E-state index in [-0.39, 0.29) is 12.6 Å². The standard InChI is InChI=1S/C16H25NO3/c1-5-10-17-16(3,15(18)19-4)12-20-14-9-7-8-13(6-2)11-14/h7-9,11,17H,5-6,10,12H2,1-4H3. The normalized spacial score (nSPS) is 13.6. The average Bonchev–Trinajstić information content (AvgIpc) is 2.50. The maximum atomic E-state index is 11.9. The van der Waals surface area contributed by atoms with E-state index < -0.39 is 5.54 Å². The molecule has 0 aliphatic carbocycles. The van der Waals surface area contributed by atoms with Gasteiger partial charge in [0.15, 0.2) is 0 Å². The maximum absolute atomic E-state index is 11.9. The van der Waals surface area contributed by atoms with Crippen molar-refractivity contribution in [1.82, 2.24) is 5.32 Å². The SMILES string of the molecule is CCCNC(C)(COc1cccc(CC)c1)C(=O)OC. The van der Waals surface area contributed by atoms with Gasteiger partial charge in [0.2, 0.25) is 0 Å². The van der Waals surface area contributed by atoms with Crippen LogP contribution in [0.2, 0.25) is 0 Å². The summed E-state index contributed by atoms with van der Waals surface area (Å²) in [6.07, 6.45) is 1.90. The van der Waals surface area contributed by atoms with Crippen molar-refractivity contribution in [3.63, 3.8) is 0 Å². The third-order valence-electron chi connectivity index (χ3n) is 3.24. The number of rotatable bonds is 8. The zero-order valence-electron chi connectivity index (χ0n) is 12.9. The number of hydrogen-bond acceptors (Lipinski definition) is 4. The Morgan fingerprint density at radius 3 is 2.70 bits per heavy atom. The molecule has 0 spiro atoms. The molecule has 0 aliphatic rings. The highest BCUT2D eigenvalue weighted by Gasteiger charge is 2.34. The summed E-state index contributed by atoms with van der Waals surface area (Å²) < 4.78 is 10.6. The second-order valence-corrected chi connectivity index (χ2v) is 5.04. The summed E-state index contributed by atoms with van der Waals surface area (Å²) >= 11 is 0. The van der Waals surface area contributed by atoms with Crippen molar-refractivity contribution in [3.05, 3.63) is 29.8 Å². The Balaban J connectivity index is 2.72. The number of nitrogens with one attached hydrogen (secondary N) is 1. The lowest BCUT2D eigenvalue weighted by molar-refractivity contribution is -0.149. The fourth-order valence-corrected chi connectivity index (χ4v) is 1.89. The lowest BCUT2D eigenvalue weighted by Crippen LogP contribution is -2.54. The first-order valence-electron chi connectivity index (χ1n) is 7.11. The summed E-state index contributed by atoms with van der Waals surface area (Å²) in [5.41, 5.74) is 0.385. The third kappa shape index (κ3) is 4.53. The lowest BCUT2D eigenvalue weighted by Gasteiger charge is -2.27. The van der Waals surface area contributed by atoms with E-state index in [1.807, 2.05) is 18.2 Å². The van der Waals surface area contributed by atoms with Gasteiger partial charge in [-0.15, -0.1) is 0 Å². The summed E-state index contributed by atoms with van der Waals surface area (Å²) in [6, 6.07) is 7.92. The molecule has 1 atom stereocenters. The number of esters is 1. The minimum absolute atomic E-state index is 0.243. The molecule has 112 valence electrons. The summed E-state index contributed by atoms with van der Waals surface area (Å²) in [6.45, 7) is 6.94. The minimum atomic E-state index is -0.826. The Morgan fingerprint density at radius 1 is 1.35 bits per heavy atom. The van der Waals surface area contributed by atoms with Crippen LogP contribution in [0.1, 0.15) is 32.8 Å². The van der Waals surface area contributed by atoms with Gasteiger partial charge in [-0.2, -0.15) is 0 Å². The number of methoxy groups -OCH3 is 1. The molecule has 1 aromatic carbocycles. The highest BCUT2D eigenvalue weighted by atomic mass is 16.5. The second-order valence-electron chi connectivity index (χ2n) is 5.04. The van der Waals surface area contributed by atoms with Gasteiger partial charge in [0, 0.05) is 0 Å². The van der Waals surface area contributed by atoms with E-state index in [9.17, 15) is 4.79 Å². The molecule has 4 heteroatoms. The van der Waals surface area contributed by atoms with Gasteiger partial charge in [-0.05, 0) is 44.0 Å². The quantitative estimate of drug-likeness (QED) is 0.743. The lowest BCUT2D eigenvalue weighted by atomic mass is 10.0. The average molecular weight is 279 g/mol. The Bertz CT molecular complexity index is 433. The van der Waals surface area contributed by atoms with Crippen LogP contribution in [0.5, 0.6) is 5.75 Å². The molecule has 0 heterocycles. The molecule has 0 bridgehead atoms. The van der Waals surface area contributed by atoms with Crippen LogP contribution in [0.15, 0.2) is 24.3 Å². The molecule has 0 radical (unpaired) electrons. The number of carbonyl (C=O) groups is 1. The largest absolute Gasteiger partial charge is 0.491 e. The molecule has 1 unspecified atom stereocenters. The van der Waals surface area contributed by atoms with Gasteiger partial charge in [-0.25, -0.2) is 4.79 Å². The molecule has 0 aliphatic heterocycles. The Labute approximate surface area is 121 Å². The molecule has 0 saturated heterocycles. The van der Waals surface area contributed by atoms with E-state index in [0.29, 0.717) is 0 Å². The predicted octanol–water partition coefficient (Wildman–Crippen LogP) is 2.56. The van der Waals surface area contributed by atoms with Crippen LogP contribution < -0.4 is 10.1 Å². The smallest absolute Gasteiger partial charge is 0.329 e. The van der Waals surface area contributed by atoms with Crippen molar-refractivity contribution in [1.29, 1.82) is 0 Å². The number of carbonyl (C=O) groups excluding carboxylic acids is 1. The van der Waals surface area contributed by atoms with Crippen molar-refractivity contribution in [2.75, 3.05) is 20.3 Å². The number of ether oxygens (including phenoxy) is 2. The topological polar surface area (TPSA) is 47.6 Å². The summed E-state index contributed by atoms with van der Waals surface area (Å²) in [5.74, 6) is 0.468. The highest BCUT2D eigenvalue weighted by Crippen LogP contribution is 2.16. The van der Waals surface area contributed by atoms with Gasteiger partial charge >= 0.3 is 5.97 Å². The zero-order chi connectivity index (χ0) is 15.0. The van der Waals surface area contributed by atoms with Gasteiger partial charge < -0.3 is 9.47 Å². The van der Waals surface area contributed by atoms with Crippen LogP contribution in [0.3, 0.4) is 0 Å². The van der Waals surface area contributed by atoms with Crippen molar-refractivity contribution in [2.45, 2.75) is 39.2 Å². The number of aryl methyl sites for hydroxylation is 1. The van der Waals surface area contributed by atoms with E-state index in [4.69, 9.17) is 9.47 Å². The molecule has 0 saturated carbocycles. The monoisotopic (exact) mass is 279 g/mol. The first-order chi connectivity index (χ1) is 9.55. The maximum Gasteiger partial charge on any atom is 0.329 e. The molecule has 1 N–H and O–H groups in total. The molecule has 4 nitrogen and oxygen atoms in total. The first kappa shape index (κ1) is 16.5. The van der Waals surface area contributed by atoms with Gasteiger partial charge in [0.25, 0.3) is 0 Å². The van der Waals surface area contributed by atoms with Crippen LogP contribution >= 0.6 is 0 Å². The molecule has 0 fully saturated rings. The van der Waals surface area contributed by atoms with Crippen LogP contribution in [-0.4, -0.2) is 31.8 Å². The van der Waals surface area contributed by atoms with Crippen LogP contribution in [0, 0.1) is 0 Å².